The van der Waals surface area contributed by atoms with E-state index in [1.54, 1.807) is 45.0 Å². The average Bonchev–Trinajstić information content (AvgIpc) is 3.42. The third-order valence-corrected chi connectivity index (χ3v) is 13.3. The van der Waals surface area contributed by atoms with E-state index in [-0.39, 0.29) is 42.4 Å². The predicted molar refractivity (Wildman–Crippen MR) is 177 cm³/mol. The third-order valence-electron chi connectivity index (χ3n) is 11.1. The molecule has 4 fully saturated rings. The van der Waals surface area contributed by atoms with E-state index in [2.05, 4.69) is 15.4 Å². The summed E-state index contributed by atoms with van der Waals surface area (Å²) in [6.45, 7) is 8.80. The van der Waals surface area contributed by atoms with Gasteiger partial charge < -0.3 is 15.4 Å². The van der Waals surface area contributed by atoms with Crippen molar-refractivity contribution in [2.45, 2.75) is 132 Å². The first-order valence-corrected chi connectivity index (χ1v) is 18.4. The number of amides is 2. The van der Waals surface area contributed by atoms with Crippen molar-refractivity contribution >= 4 is 21.8 Å². The van der Waals surface area contributed by atoms with Crippen LogP contribution in [0.15, 0.2) is 36.4 Å². The van der Waals surface area contributed by atoms with E-state index in [0.29, 0.717) is 60.1 Å². The fraction of sp³-hybridized carbons (Fsp3) is 0.611. The summed E-state index contributed by atoms with van der Waals surface area (Å²) in [5.74, 6) is -1.24. The average molecular weight is 672 g/mol. The second-order valence-corrected chi connectivity index (χ2v) is 17.6. The van der Waals surface area contributed by atoms with Gasteiger partial charge in [0.1, 0.15) is 17.7 Å². The lowest BCUT2D eigenvalue weighted by Gasteiger charge is -2.38. The maximum Gasteiger partial charge on any atom is 0.259 e. The number of alkyl halides is 1. The molecule has 0 radical (unpaired) electrons. The Labute approximate surface area is 276 Å². The quantitative estimate of drug-likeness (QED) is 0.289. The van der Waals surface area contributed by atoms with Gasteiger partial charge in [0.15, 0.2) is 0 Å². The monoisotopic (exact) mass is 671 g/mol. The molecule has 47 heavy (non-hydrogen) atoms. The lowest BCUT2D eigenvalue weighted by atomic mass is 9.74. The van der Waals surface area contributed by atoms with Crippen LogP contribution < -0.4 is 20.1 Å². The van der Waals surface area contributed by atoms with Crippen LogP contribution in [0.4, 0.5) is 8.78 Å². The Morgan fingerprint density at radius 2 is 1.79 bits per heavy atom. The number of halogens is 2. The molecule has 0 unspecified atom stereocenters. The standard InChI is InChI=1S/C36H47F2N3O5S/c1-22(2)30-26(8-6-9-28(30)37)27-18-23(33(3,4)31(42)41-47(44,45)34(5)16-17-34)10-13-29(27)46-25-12-11-24(19-25)40-32(43)36(38)20-35(39-21-36)14-7-15-35/h6,8-10,13,18,22,24-25,39H,7,11-12,14-17,19-21H2,1-5H3,(H,40,43)(H,41,42)/t24-,25-,36+/m1/s1. The number of sulfonamides is 1. The van der Waals surface area contributed by atoms with Gasteiger partial charge in [-0.05, 0) is 107 Å². The summed E-state index contributed by atoms with van der Waals surface area (Å²) >= 11 is 0. The van der Waals surface area contributed by atoms with Crippen LogP contribution in [0.25, 0.3) is 11.1 Å². The minimum Gasteiger partial charge on any atom is -0.490 e. The lowest BCUT2D eigenvalue weighted by molar-refractivity contribution is -0.133. The van der Waals surface area contributed by atoms with Crippen molar-refractivity contribution in [3.8, 4) is 16.9 Å². The van der Waals surface area contributed by atoms with Crippen LogP contribution in [0.2, 0.25) is 0 Å². The number of carbonyl (C=O) groups is 2. The SMILES string of the molecule is CC(C)c1c(F)cccc1-c1cc(C(C)(C)C(=O)NS(=O)(=O)C2(C)CC2)ccc1O[C@@H]1CC[C@@H](NC(=O)[C@@]2(F)CNC3(CCC3)C2)C1. The van der Waals surface area contributed by atoms with Gasteiger partial charge in [-0.15, -0.1) is 0 Å². The zero-order valence-corrected chi connectivity index (χ0v) is 28.8. The van der Waals surface area contributed by atoms with E-state index in [0.717, 1.165) is 19.3 Å². The van der Waals surface area contributed by atoms with E-state index in [9.17, 15) is 18.0 Å². The summed E-state index contributed by atoms with van der Waals surface area (Å²) in [5.41, 5.74) is -1.14. The molecule has 4 aliphatic rings. The highest BCUT2D eigenvalue weighted by molar-refractivity contribution is 7.91. The van der Waals surface area contributed by atoms with E-state index in [1.165, 1.54) is 6.07 Å². The first-order valence-electron chi connectivity index (χ1n) is 16.9. The van der Waals surface area contributed by atoms with Crippen LogP contribution >= 0.6 is 0 Å². The van der Waals surface area contributed by atoms with Crippen molar-refractivity contribution in [1.29, 1.82) is 0 Å². The van der Waals surface area contributed by atoms with Crippen molar-refractivity contribution in [2.75, 3.05) is 6.54 Å². The van der Waals surface area contributed by atoms with Crippen LogP contribution in [-0.4, -0.2) is 54.9 Å². The van der Waals surface area contributed by atoms with Crippen molar-refractivity contribution in [1.82, 2.24) is 15.4 Å². The summed E-state index contributed by atoms with van der Waals surface area (Å²) in [5, 5.41) is 6.18. The number of carbonyl (C=O) groups excluding carboxylic acids is 2. The third kappa shape index (κ3) is 6.30. The van der Waals surface area contributed by atoms with Gasteiger partial charge in [-0.25, -0.2) is 17.2 Å². The number of benzene rings is 2. The Bertz CT molecular complexity index is 1690. The number of hydrogen-bond acceptors (Lipinski definition) is 6. The lowest BCUT2D eigenvalue weighted by Crippen LogP contribution is -2.49. The molecule has 1 heterocycles. The summed E-state index contributed by atoms with van der Waals surface area (Å²) in [6.07, 6.45) is 5.55. The van der Waals surface area contributed by atoms with Gasteiger partial charge in [0.05, 0.1) is 10.2 Å². The molecular formula is C36H47F2N3O5S. The largest absolute Gasteiger partial charge is 0.490 e. The molecule has 2 amide bonds. The smallest absolute Gasteiger partial charge is 0.259 e. The van der Waals surface area contributed by atoms with Gasteiger partial charge in [-0.3, -0.25) is 14.3 Å². The fourth-order valence-corrected chi connectivity index (χ4v) is 8.70. The van der Waals surface area contributed by atoms with Crippen molar-refractivity contribution in [3.63, 3.8) is 0 Å². The Balaban J connectivity index is 1.24. The van der Waals surface area contributed by atoms with Gasteiger partial charge in [0.2, 0.25) is 21.6 Å². The van der Waals surface area contributed by atoms with Gasteiger partial charge in [0, 0.05) is 36.5 Å². The van der Waals surface area contributed by atoms with Crippen LogP contribution in [0.1, 0.15) is 109 Å². The van der Waals surface area contributed by atoms with Gasteiger partial charge >= 0.3 is 0 Å². The van der Waals surface area contributed by atoms with Crippen LogP contribution in [0.3, 0.4) is 0 Å². The molecule has 1 aliphatic heterocycles. The zero-order chi connectivity index (χ0) is 34.0. The van der Waals surface area contributed by atoms with Gasteiger partial charge in [0.25, 0.3) is 5.91 Å². The summed E-state index contributed by atoms with van der Waals surface area (Å²) in [7, 11) is -3.85. The van der Waals surface area contributed by atoms with E-state index < -0.39 is 37.7 Å². The molecule has 6 rings (SSSR count). The summed E-state index contributed by atoms with van der Waals surface area (Å²) in [6, 6.07) is 9.90. The number of nitrogens with one attached hydrogen (secondary N) is 3. The van der Waals surface area contributed by atoms with Crippen LogP contribution in [-0.2, 0) is 25.0 Å². The first kappa shape index (κ1) is 33.8. The minimum absolute atomic E-state index is 0.0344. The molecule has 11 heteroatoms. The topological polar surface area (TPSA) is 114 Å². The first-order chi connectivity index (χ1) is 22.0. The predicted octanol–water partition coefficient (Wildman–Crippen LogP) is 5.93. The maximum atomic E-state index is 15.6. The molecule has 1 spiro atoms. The molecule has 3 atom stereocenters. The summed E-state index contributed by atoms with van der Waals surface area (Å²) < 4.78 is 64.6. The minimum atomic E-state index is -3.85. The highest BCUT2D eigenvalue weighted by atomic mass is 32.2. The van der Waals surface area contributed by atoms with Gasteiger partial charge in [-0.2, -0.15) is 0 Å². The highest BCUT2D eigenvalue weighted by Gasteiger charge is 2.56. The normalized spacial score (nSPS) is 26.2. The van der Waals surface area contributed by atoms with Crippen molar-refractivity contribution in [3.05, 3.63) is 53.3 Å². The Kier molecular flexibility index (Phi) is 8.51. The number of ether oxygens (including phenoxy) is 1. The van der Waals surface area contributed by atoms with E-state index in [4.69, 9.17) is 4.74 Å². The number of hydrogen-bond donors (Lipinski definition) is 3. The highest BCUT2D eigenvalue weighted by Crippen LogP contribution is 2.45. The Hall–Kier alpha value is -3.05. The molecule has 3 N–H and O–H groups in total. The molecule has 3 saturated carbocycles. The van der Waals surface area contributed by atoms with Crippen LogP contribution in [0, 0.1) is 5.82 Å². The molecule has 8 nitrogen and oxygen atoms in total. The molecule has 1 saturated heterocycles. The van der Waals surface area contributed by atoms with E-state index >= 15 is 8.78 Å². The van der Waals surface area contributed by atoms with Gasteiger partial charge in [-0.1, -0.05) is 32.0 Å². The Morgan fingerprint density at radius 1 is 1.06 bits per heavy atom. The maximum absolute atomic E-state index is 15.6. The van der Waals surface area contributed by atoms with Crippen molar-refractivity contribution in [2.24, 2.45) is 0 Å². The Morgan fingerprint density at radius 3 is 2.40 bits per heavy atom. The molecule has 2 aromatic carbocycles. The molecule has 2 aromatic rings. The molecule has 0 aromatic heterocycles. The molecule has 256 valence electrons. The molecule has 0 bridgehead atoms. The second kappa shape index (κ2) is 11.8. The second-order valence-electron chi connectivity index (χ2n) is 15.4. The fourth-order valence-electron chi connectivity index (χ4n) is 7.32. The van der Waals surface area contributed by atoms with E-state index in [1.807, 2.05) is 19.9 Å². The van der Waals surface area contributed by atoms with Crippen LogP contribution in [0.5, 0.6) is 5.75 Å². The summed E-state index contributed by atoms with van der Waals surface area (Å²) in [4.78, 5) is 26.5. The molecule has 3 aliphatic carbocycles. The van der Waals surface area contributed by atoms with Crippen molar-refractivity contribution < 1.29 is 31.5 Å². The zero-order valence-electron chi connectivity index (χ0n) is 28.0. The molecular weight excluding hydrogens is 624 g/mol. The number of rotatable bonds is 10.